The van der Waals surface area contributed by atoms with E-state index >= 15 is 0 Å². The van der Waals surface area contributed by atoms with Crippen molar-refractivity contribution in [2.45, 2.75) is 12.8 Å². The maximum absolute atomic E-state index is 11.8. The standard InChI is InChI=1S/C13H16O6/c1-5-8-13(11(15)18-3,12(16)19-4)9-6-7-10(14)17-2/h1,6-7H,8-9H2,2-4H3/b7-6+. The Balaban J connectivity index is 5.29. The van der Waals surface area contributed by atoms with Gasteiger partial charge in [0.15, 0.2) is 5.41 Å². The Morgan fingerprint density at radius 3 is 2.00 bits per heavy atom. The maximum Gasteiger partial charge on any atom is 0.330 e. The maximum atomic E-state index is 11.8. The van der Waals surface area contributed by atoms with Crippen LogP contribution in [0, 0.1) is 17.8 Å². The second kappa shape index (κ2) is 7.93. The number of ether oxygens (including phenoxy) is 3. The van der Waals surface area contributed by atoms with E-state index in [9.17, 15) is 14.4 Å². The van der Waals surface area contributed by atoms with Crippen molar-refractivity contribution in [3.63, 3.8) is 0 Å². The molecular formula is C13H16O6. The molecule has 0 amide bonds. The third kappa shape index (κ3) is 4.14. The van der Waals surface area contributed by atoms with Crippen molar-refractivity contribution < 1.29 is 28.6 Å². The van der Waals surface area contributed by atoms with E-state index in [1.807, 2.05) is 0 Å². The van der Waals surface area contributed by atoms with Crippen LogP contribution in [0.4, 0.5) is 0 Å². The van der Waals surface area contributed by atoms with E-state index in [-0.39, 0.29) is 12.8 Å². The highest BCUT2D eigenvalue weighted by Crippen LogP contribution is 2.30. The number of hydrogen-bond acceptors (Lipinski definition) is 6. The molecule has 0 saturated heterocycles. The molecule has 0 atom stereocenters. The average Bonchev–Trinajstić information content (AvgIpc) is 2.44. The number of allylic oxidation sites excluding steroid dienone is 1. The molecule has 6 heteroatoms. The molecule has 104 valence electrons. The molecule has 0 aliphatic carbocycles. The lowest BCUT2D eigenvalue weighted by Crippen LogP contribution is -2.40. The van der Waals surface area contributed by atoms with E-state index in [4.69, 9.17) is 6.42 Å². The van der Waals surface area contributed by atoms with Gasteiger partial charge in [-0.2, -0.15) is 0 Å². The predicted molar refractivity (Wildman–Crippen MR) is 65.7 cm³/mol. The van der Waals surface area contributed by atoms with Crippen LogP contribution in [0.15, 0.2) is 12.2 Å². The number of terminal acetylenes is 1. The second-order valence-electron chi connectivity index (χ2n) is 3.58. The van der Waals surface area contributed by atoms with Crippen molar-refractivity contribution in [1.29, 1.82) is 0 Å². The van der Waals surface area contributed by atoms with Crippen LogP contribution in [-0.2, 0) is 28.6 Å². The number of esters is 3. The Hall–Kier alpha value is -2.29. The molecular weight excluding hydrogens is 252 g/mol. The highest BCUT2D eigenvalue weighted by Gasteiger charge is 2.47. The molecule has 0 fully saturated rings. The molecule has 6 nitrogen and oxygen atoms in total. The van der Waals surface area contributed by atoms with Gasteiger partial charge in [-0.1, -0.05) is 6.08 Å². The second-order valence-corrected chi connectivity index (χ2v) is 3.58. The van der Waals surface area contributed by atoms with E-state index in [0.717, 1.165) is 20.3 Å². The Morgan fingerprint density at radius 1 is 1.11 bits per heavy atom. The fourth-order valence-corrected chi connectivity index (χ4v) is 1.46. The zero-order valence-electron chi connectivity index (χ0n) is 11.1. The van der Waals surface area contributed by atoms with Gasteiger partial charge in [0.05, 0.1) is 21.3 Å². The quantitative estimate of drug-likeness (QED) is 0.229. The number of hydrogen-bond donors (Lipinski definition) is 0. The lowest BCUT2D eigenvalue weighted by molar-refractivity contribution is -0.168. The Kier molecular flexibility index (Phi) is 6.97. The van der Waals surface area contributed by atoms with Gasteiger partial charge in [-0.3, -0.25) is 9.59 Å². The van der Waals surface area contributed by atoms with Gasteiger partial charge in [0.25, 0.3) is 0 Å². The lowest BCUT2D eigenvalue weighted by Gasteiger charge is -2.24. The lowest BCUT2D eigenvalue weighted by atomic mass is 9.81. The van der Waals surface area contributed by atoms with Gasteiger partial charge in [-0.25, -0.2) is 4.79 Å². The summed E-state index contributed by atoms with van der Waals surface area (Å²) in [6.07, 6.45) is 7.27. The number of methoxy groups -OCH3 is 3. The average molecular weight is 268 g/mol. The summed E-state index contributed by atoms with van der Waals surface area (Å²) in [6.45, 7) is 0. The van der Waals surface area contributed by atoms with Crippen LogP contribution in [0.25, 0.3) is 0 Å². The minimum Gasteiger partial charge on any atom is -0.468 e. The molecule has 0 aliphatic rings. The first kappa shape index (κ1) is 16.7. The van der Waals surface area contributed by atoms with Gasteiger partial charge in [-0.15, -0.1) is 12.3 Å². The summed E-state index contributed by atoms with van der Waals surface area (Å²) in [4.78, 5) is 34.6. The highest BCUT2D eigenvalue weighted by atomic mass is 16.5. The van der Waals surface area contributed by atoms with Crippen molar-refractivity contribution in [2.75, 3.05) is 21.3 Å². The van der Waals surface area contributed by atoms with Crippen LogP contribution in [0.5, 0.6) is 0 Å². The van der Waals surface area contributed by atoms with Crippen molar-refractivity contribution in [2.24, 2.45) is 5.41 Å². The molecule has 0 aromatic rings. The Bertz CT molecular complexity index is 399. The molecule has 0 bridgehead atoms. The predicted octanol–water partition coefficient (Wildman–Crippen LogP) is 0.461. The van der Waals surface area contributed by atoms with Crippen molar-refractivity contribution in [3.05, 3.63) is 12.2 Å². The largest absolute Gasteiger partial charge is 0.468 e. The van der Waals surface area contributed by atoms with Crippen LogP contribution >= 0.6 is 0 Å². The zero-order chi connectivity index (χ0) is 14.9. The van der Waals surface area contributed by atoms with Crippen LogP contribution in [-0.4, -0.2) is 39.2 Å². The molecule has 0 heterocycles. The first-order valence-electron chi connectivity index (χ1n) is 5.33. The highest BCUT2D eigenvalue weighted by molar-refractivity contribution is 6.00. The number of carbonyl (C=O) groups is 3. The Labute approximate surface area is 111 Å². The summed E-state index contributed by atoms with van der Waals surface area (Å²) < 4.78 is 13.6. The molecule has 0 aromatic heterocycles. The number of rotatable bonds is 6. The van der Waals surface area contributed by atoms with Crippen molar-refractivity contribution in [3.8, 4) is 12.3 Å². The summed E-state index contributed by atoms with van der Waals surface area (Å²) in [7, 11) is 3.49. The van der Waals surface area contributed by atoms with Gasteiger partial charge < -0.3 is 14.2 Å². The molecule has 19 heavy (non-hydrogen) atoms. The number of carbonyl (C=O) groups excluding carboxylic acids is 3. The molecule has 0 rings (SSSR count). The molecule has 0 saturated carbocycles. The monoisotopic (exact) mass is 268 g/mol. The minimum atomic E-state index is -1.65. The topological polar surface area (TPSA) is 78.9 Å². The van der Waals surface area contributed by atoms with Crippen LogP contribution in [0.1, 0.15) is 12.8 Å². The van der Waals surface area contributed by atoms with Crippen molar-refractivity contribution in [1.82, 2.24) is 0 Å². The molecule has 0 N–H and O–H groups in total. The first-order chi connectivity index (χ1) is 8.98. The summed E-state index contributed by atoms with van der Waals surface area (Å²) in [6, 6.07) is 0. The van der Waals surface area contributed by atoms with E-state index in [2.05, 4.69) is 20.1 Å². The summed E-state index contributed by atoms with van der Waals surface area (Å²) in [5.74, 6) is 0.00610. The SMILES string of the molecule is C#CCC(C/C=C/C(=O)OC)(C(=O)OC)C(=O)OC. The molecule has 0 spiro atoms. The summed E-state index contributed by atoms with van der Waals surface area (Å²) >= 11 is 0. The fraction of sp³-hybridized carbons (Fsp3) is 0.462. The van der Waals surface area contributed by atoms with Gasteiger partial charge >= 0.3 is 17.9 Å². The van der Waals surface area contributed by atoms with E-state index in [1.165, 1.54) is 13.2 Å². The van der Waals surface area contributed by atoms with E-state index < -0.39 is 23.3 Å². The van der Waals surface area contributed by atoms with Gasteiger partial charge in [0.2, 0.25) is 0 Å². The van der Waals surface area contributed by atoms with Crippen LogP contribution in [0.2, 0.25) is 0 Å². The van der Waals surface area contributed by atoms with Gasteiger partial charge in [-0.05, 0) is 6.42 Å². The molecule has 0 aliphatic heterocycles. The molecule has 0 unspecified atom stereocenters. The summed E-state index contributed by atoms with van der Waals surface area (Å²) in [5.41, 5.74) is -1.65. The third-order valence-corrected chi connectivity index (χ3v) is 2.48. The van der Waals surface area contributed by atoms with Gasteiger partial charge in [0, 0.05) is 12.5 Å². The van der Waals surface area contributed by atoms with E-state index in [1.54, 1.807) is 0 Å². The molecule has 0 radical (unpaired) electrons. The van der Waals surface area contributed by atoms with E-state index in [0.29, 0.717) is 0 Å². The molecule has 0 aromatic carbocycles. The third-order valence-electron chi connectivity index (χ3n) is 2.48. The van der Waals surface area contributed by atoms with Crippen LogP contribution < -0.4 is 0 Å². The Morgan fingerprint density at radius 2 is 1.63 bits per heavy atom. The zero-order valence-corrected chi connectivity index (χ0v) is 11.1. The summed E-state index contributed by atoms with van der Waals surface area (Å²) in [5, 5.41) is 0. The first-order valence-corrected chi connectivity index (χ1v) is 5.33. The van der Waals surface area contributed by atoms with Crippen LogP contribution in [0.3, 0.4) is 0 Å². The normalized spacial score (nSPS) is 10.6. The van der Waals surface area contributed by atoms with Crippen molar-refractivity contribution >= 4 is 17.9 Å². The minimum absolute atomic E-state index is 0.119. The smallest absolute Gasteiger partial charge is 0.330 e. The van der Waals surface area contributed by atoms with Gasteiger partial charge in [0.1, 0.15) is 0 Å². The fourth-order valence-electron chi connectivity index (χ4n) is 1.46.